The zero-order chi connectivity index (χ0) is 19.4. The fourth-order valence-electron chi connectivity index (χ4n) is 2.40. The molecule has 1 heterocycles. The van der Waals surface area contributed by atoms with E-state index in [-0.39, 0.29) is 33.9 Å². The van der Waals surface area contributed by atoms with Crippen LogP contribution in [0.2, 0.25) is 10.0 Å². The van der Waals surface area contributed by atoms with E-state index in [1.165, 1.54) is 12.1 Å². The van der Waals surface area contributed by atoms with Gasteiger partial charge in [-0.25, -0.2) is 4.79 Å². The van der Waals surface area contributed by atoms with Gasteiger partial charge in [0, 0.05) is 5.02 Å². The van der Waals surface area contributed by atoms with Crippen LogP contribution in [0.3, 0.4) is 0 Å². The maximum Gasteiger partial charge on any atom is 0.340 e. The van der Waals surface area contributed by atoms with Crippen LogP contribution in [0.5, 0.6) is 11.5 Å². The van der Waals surface area contributed by atoms with E-state index in [9.17, 15) is 9.59 Å². The summed E-state index contributed by atoms with van der Waals surface area (Å²) in [6.45, 7) is 0.0248. The molecule has 3 N–H and O–H groups in total. The second-order valence-corrected chi connectivity index (χ2v) is 6.57. The van der Waals surface area contributed by atoms with Gasteiger partial charge in [-0.3, -0.25) is 4.79 Å². The van der Waals surface area contributed by atoms with Crippen LogP contribution in [-0.4, -0.2) is 37.7 Å². The number of nitrogens with two attached hydrogens (primary N) is 1. The van der Waals surface area contributed by atoms with Gasteiger partial charge in [-0.1, -0.05) is 35.3 Å². The molecule has 0 aromatic heterocycles. The van der Waals surface area contributed by atoms with Crippen LogP contribution in [0.25, 0.3) is 0 Å². The van der Waals surface area contributed by atoms with Crippen molar-refractivity contribution in [1.82, 2.24) is 5.32 Å². The molecule has 0 spiro atoms. The number of anilines is 1. The lowest BCUT2D eigenvalue weighted by Crippen LogP contribution is -2.42. The summed E-state index contributed by atoms with van der Waals surface area (Å²) in [5, 5.41) is 2.99. The maximum atomic E-state index is 12.1. The second-order valence-electron chi connectivity index (χ2n) is 5.73. The van der Waals surface area contributed by atoms with E-state index in [0.29, 0.717) is 18.1 Å². The molecule has 0 unspecified atom stereocenters. The molecular weight excluding hydrogens is 395 g/mol. The van der Waals surface area contributed by atoms with E-state index in [1.807, 2.05) is 12.1 Å². The van der Waals surface area contributed by atoms with Crippen LogP contribution in [0, 0.1) is 0 Å². The first-order valence-electron chi connectivity index (χ1n) is 8.01. The topological polar surface area (TPSA) is 99.9 Å². The Morgan fingerprint density at radius 1 is 1.22 bits per heavy atom. The number of rotatable bonds is 5. The SMILES string of the molecule is Nc1c(Cl)cc(Cl)cc1C(=O)OCC(=O)NC[C@H]1COc2ccccc2O1. The first-order chi connectivity index (χ1) is 12.9. The van der Waals surface area contributed by atoms with Crippen molar-refractivity contribution in [1.29, 1.82) is 0 Å². The first kappa shape index (κ1) is 19.1. The number of hydrogen-bond donors (Lipinski definition) is 2. The molecule has 1 aliphatic heterocycles. The minimum absolute atomic E-state index is 0.000853. The summed E-state index contributed by atoms with van der Waals surface area (Å²) in [6.07, 6.45) is -0.345. The molecule has 7 nitrogen and oxygen atoms in total. The Bertz CT molecular complexity index is 875. The number of nitrogen functional groups attached to an aromatic ring is 1. The molecule has 9 heteroatoms. The number of benzene rings is 2. The third kappa shape index (κ3) is 4.75. The van der Waals surface area contributed by atoms with Gasteiger partial charge >= 0.3 is 5.97 Å². The fraction of sp³-hybridized carbons (Fsp3) is 0.222. The lowest BCUT2D eigenvalue weighted by molar-refractivity contribution is -0.124. The van der Waals surface area contributed by atoms with E-state index >= 15 is 0 Å². The molecule has 1 atom stereocenters. The Morgan fingerprint density at radius 3 is 2.74 bits per heavy atom. The van der Waals surface area contributed by atoms with Gasteiger partial charge < -0.3 is 25.3 Å². The summed E-state index contributed by atoms with van der Waals surface area (Å²) < 4.78 is 16.2. The molecule has 142 valence electrons. The second kappa shape index (κ2) is 8.37. The molecule has 0 saturated heterocycles. The number of fused-ring (bicyclic) bond motifs is 1. The molecule has 27 heavy (non-hydrogen) atoms. The van der Waals surface area contributed by atoms with Crippen molar-refractivity contribution in [3.63, 3.8) is 0 Å². The molecule has 0 aliphatic carbocycles. The molecule has 0 saturated carbocycles. The van der Waals surface area contributed by atoms with Crippen LogP contribution in [0.1, 0.15) is 10.4 Å². The summed E-state index contributed by atoms with van der Waals surface area (Å²) in [5.41, 5.74) is 5.77. The van der Waals surface area contributed by atoms with Crippen LogP contribution in [0.15, 0.2) is 36.4 Å². The quantitative estimate of drug-likeness (QED) is 0.580. The number of hydrogen-bond acceptors (Lipinski definition) is 6. The Morgan fingerprint density at radius 2 is 1.96 bits per heavy atom. The molecule has 2 aromatic carbocycles. The van der Waals surface area contributed by atoms with Crippen LogP contribution in [0.4, 0.5) is 5.69 Å². The number of esters is 1. The number of ether oxygens (including phenoxy) is 3. The molecular formula is C18H16Cl2N2O5. The van der Waals surface area contributed by atoms with Gasteiger partial charge in [0.1, 0.15) is 12.7 Å². The lowest BCUT2D eigenvalue weighted by atomic mass is 10.2. The van der Waals surface area contributed by atoms with E-state index in [0.717, 1.165) is 0 Å². The van der Waals surface area contributed by atoms with Crippen LogP contribution in [-0.2, 0) is 9.53 Å². The van der Waals surface area contributed by atoms with Crippen molar-refractivity contribution in [2.75, 3.05) is 25.5 Å². The summed E-state index contributed by atoms with van der Waals surface area (Å²) in [7, 11) is 0. The number of halogens is 2. The summed E-state index contributed by atoms with van der Waals surface area (Å²) in [5.74, 6) is -0.00903. The fourth-order valence-corrected chi connectivity index (χ4v) is 2.90. The predicted molar refractivity (Wildman–Crippen MR) is 101 cm³/mol. The van der Waals surface area contributed by atoms with Gasteiger partial charge in [0.15, 0.2) is 18.1 Å². The van der Waals surface area contributed by atoms with Crippen molar-refractivity contribution >= 4 is 40.8 Å². The molecule has 0 radical (unpaired) electrons. The smallest absolute Gasteiger partial charge is 0.340 e. The Balaban J connectivity index is 1.47. The number of para-hydroxylation sites is 2. The molecule has 1 aliphatic rings. The molecule has 2 aromatic rings. The highest BCUT2D eigenvalue weighted by molar-refractivity contribution is 6.37. The lowest BCUT2D eigenvalue weighted by Gasteiger charge is -2.26. The highest BCUT2D eigenvalue weighted by atomic mass is 35.5. The number of amides is 1. The molecule has 0 bridgehead atoms. The van der Waals surface area contributed by atoms with E-state index in [1.54, 1.807) is 12.1 Å². The standard InChI is InChI=1S/C18H16Cl2N2O5/c19-10-5-12(17(21)13(20)6-10)18(24)26-9-16(23)22-7-11-8-25-14-3-1-2-4-15(14)27-11/h1-6,11H,7-9,21H2,(H,22,23)/t11-/m0/s1. The van der Waals surface area contributed by atoms with Crippen LogP contribution < -0.4 is 20.5 Å². The average molecular weight is 411 g/mol. The third-order valence-electron chi connectivity index (χ3n) is 3.74. The predicted octanol–water partition coefficient (Wildman–Crippen LogP) is 2.69. The molecule has 3 rings (SSSR count). The van der Waals surface area contributed by atoms with Crippen molar-refractivity contribution < 1.29 is 23.8 Å². The van der Waals surface area contributed by atoms with Crippen LogP contribution >= 0.6 is 23.2 Å². The van der Waals surface area contributed by atoms with E-state index in [2.05, 4.69) is 5.32 Å². The third-order valence-corrected chi connectivity index (χ3v) is 4.27. The zero-order valence-electron chi connectivity index (χ0n) is 14.0. The highest BCUT2D eigenvalue weighted by Crippen LogP contribution is 2.30. The number of nitrogens with one attached hydrogen (secondary N) is 1. The monoisotopic (exact) mass is 410 g/mol. The zero-order valence-corrected chi connectivity index (χ0v) is 15.5. The van der Waals surface area contributed by atoms with Gasteiger partial charge in [-0.05, 0) is 24.3 Å². The summed E-state index contributed by atoms with van der Waals surface area (Å²) in [4.78, 5) is 24.0. The van der Waals surface area contributed by atoms with Gasteiger partial charge in [0.25, 0.3) is 5.91 Å². The Hall–Kier alpha value is -2.64. The normalized spacial score (nSPS) is 15.1. The molecule has 0 fully saturated rings. The van der Waals surface area contributed by atoms with Crippen molar-refractivity contribution in [2.45, 2.75) is 6.10 Å². The van der Waals surface area contributed by atoms with Crippen molar-refractivity contribution in [2.24, 2.45) is 0 Å². The van der Waals surface area contributed by atoms with Crippen molar-refractivity contribution in [3.8, 4) is 11.5 Å². The Labute approximate surface area is 165 Å². The number of carbonyl (C=O) groups is 2. The minimum atomic E-state index is -0.793. The Kier molecular flexibility index (Phi) is 5.93. The summed E-state index contributed by atoms with van der Waals surface area (Å²) in [6, 6.07) is 10.00. The maximum absolute atomic E-state index is 12.1. The van der Waals surface area contributed by atoms with E-state index in [4.69, 9.17) is 43.1 Å². The summed E-state index contributed by atoms with van der Waals surface area (Å²) >= 11 is 11.7. The molecule has 1 amide bonds. The van der Waals surface area contributed by atoms with Gasteiger partial charge in [-0.2, -0.15) is 0 Å². The van der Waals surface area contributed by atoms with Gasteiger partial charge in [-0.15, -0.1) is 0 Å². The number of carbonyl (C=O) groups excluding carboxylic acids is 2. The van der Waals surface area contributed by atoms with E-state index < -0.39 is 18.5 Å². The van der Waals surface area contributed by atoms with Gasteiger partial charge in [0.05, 0.1) is 22.8 Å². The van der Waals surface area contributed by atoms with Crippen molar-refractivity contribution in [3.05, 3.63) is 52.0 Å². The van der Waals surface area contributed by atoms with Gasteiger partial charge in [0.2, 0.25) is 0 Å². The average Bonchev–Trinajstić information content (AvgIpc) is 2.67. The first-order valence-corrected chi connectivity index (χ1v) is 8.76. The minimum Gasteiger partial charge on any atom is -0.486 e. The largest absolute Gasteiger partial charge is 0.486 e. The highest BCUT2D eigenvalue weighted by Gasteiger charge is 2.22.